The number of ether oxygens (including phenoxy) is 1. The van der Waals surface area contributed by atoms with E-state index >= 15 is 0 Å². The van der Waals surface area contributed by atoms with Crippen molar-refractivity contribution in [2.75, 3.05) is 25.0 Å². The van der Waals surface area contributed by atoms with Gasteiger partial charge >= 0.3 is 5.97 Å². The lowest BCUT2D eigenvalue weighted by molar-refractivity contribution is -0.153. The maximum Gasteiger partial charge on any atom is 0.326 e. The van der Waals surface area contributed by atoms with Gasteiger partial charge in [0.1, 0.15) is 12.4 Å². The zero-order valence-corrected chi connectivity index (χ0v) is 15.7. The predicted molar refractivity (Wildman–Crippen MR) is 99.0 cm³/mol. The molecule has 7 nitrogen and oxygen atoms in total. The maximum atomic E-state index is 12.8. The summed E-state index contributed by atoms with van der Waals surface area (Å²) >= 11 is 5.67. The lowest BCUT2D eigenvalue weighted by atomic mass is 10.1. The number of aromatic nitrogens is 2. The number of benzene rings is 1. The molecule has 0 fully saturated rings. The predicted octanol–water partition coefficient (Wildman–Crippen LogP) is 2.00. The molecule has 0 spiro atoms. The van der Waals surface area contributed by atoms with E-state index < -0.39 is 18.0 Å². The van der Waals surface area contributed by atoms with Crippen molar-refractivity contribution in [1.29, 1.82) is 0 Å². The summed E-state index contributed by atoms with van der Waals surface area (Å²) < 4.78 is 18.0. The van der Waals surface area contributed by atoms with Crippen molar-refractivity contribution in [1.82, 2.24) is 15.5 Å². The lowest BCUT2D eigenvalue weighted by Crippen LogP contribution is -2.39. The van der Waals surface area contributed by atoms with Crippen molar-refractivity contribution in [2.24, 2.45) is 0 Å². The van der Waals surface area contributed by atoms with Crippen LogP contribution < -0.4 is 10.2 Å². The fourth-order valence-corrected chi connectivity index (χ4v) is 2.30. The van der Waals surface area contributed by atoms with Crippen LogP contribution in [0.25, 0.3) is 0 Å². The fraction of sp³-hybridized carbons (Fsp3) is 0.333. The highest BCUT2D eigenvalue weighted by Gasteiger charge is 2.19. The molecule has 1 amide bonds. The molecule has 0 aliphatic rings. The second-order valence-corrected chi connectivity index (χ2v) is 6.26. The van der Waals surface area contributed by atoms with Crippen LogP contribution in [0.2, 0.25) is 5.15 Å². The van der Waals surface area contributed by atoms with Crippen LogP contribution in [-0.4, -0.2) is 48.3 Å². The molecule has 0 radical (unpaired) electrons. The second kappa shape index (κ2) is 9.82. The van der Waals surface area contributed by atoms with Crippen LogP contribution in [0.4, 0.5) is 10.2 Å². The molecular weight excluding hydrogens is 375 g/mol. The highest BCUT2D eigenvalue weighted by Crippen LogP contribution is 2.10. The first-order chi connectivity index (χ1) is 12.8. The molecule has 0 bridgehead atoms. The van der Waals surface area contributed by atoms with Crippen molar-refractivity contribution in [2.45, 2.75) is 19.4 Å². The average Bonchev–Trinajstić information content (AvgIpc) is 2.63. The molecular formula is C18H20ClFN4O3. The van der Waals surface area contributed by atoms with Gasteiger partial charge in [0.2, 0.25) is 0 Å². The summed E-state index contributed by atoms with van der Waals surface area (Å²) in [7, 11) is 1.65. The van der Waals surface area contributed by atoms with Crippen LogP contribution >= 0.6 is 11.6 Å². The first kappa shape index (κ1) is 20.6. The maximum absolute atomic E-state index is 12.8. The smallest absolute Gasteiger partial charge is 0.326 e. The molecule has 0 saturated carbocycles. The molecule has 1 aromatic carbocycles. The molecule has 0 saturated heterocycles. The van der Waals surface area contributed by atoms with Crippen molar-refractivity contribution in [3.8, 4) is 0 Å². The van der Waals surface area contributed by atoms with Gasteiger partial charge in [-0.15, -0.1) is 10.2 Å². The number of likely N-dealkylation sites (N-methyl/N-ethyl adjacent to an activating group) is 1. The first-order valence-electron chi connectivity index (χ1n) is 8.27. The van der Waals surface area contributed by atoms with Crippen molar-refractivity contribution < 1.29 is 18.7 Å². The van der Waals surface area contributed by atoms with E-state index in [9.17, 15) is 14.0 Å². The number of rotatable bonds is 8. The Hall–Kier alpha value is -2.74. The lowest BCUT2D eigenvalue weighted by Gasteiger charge is -2.18. The topological polar surface area (TPSA) is 84.4 Å². The van der Waals surface area contributed by atoms with Gasteiger partial charge in [0.15, 0.2) is 17.1 Å². The minimum atomic E-state index is -0.935. The summed E-state index contributed by atoms with van der Waals surface area (Å²) in [5.74, 6) is -0.833. The third-order valence-electron chi connectivity index (χ3n) is 3.68. The molecule has 2 aromatic rings. The number of anilines is 1. The van der Waals surface area contributed by atoms with E-state index in [1.165, 1.54) is 24.0 Å². The monoisotopic (exact) mass is 394 g/mol. The first-order valence-corrected chi connectivity index (χ1v) is 8.65. The van der Waals surface area contributed by atoms with Crippen LogP contribution in [0.1, 0.15) is 12.5 Å². The Bertz CT molecular complexity index is 771. The molecule has 0 aliphatic heterocycles. The van der Waals surface area contributed by atoms with Crippen molar-refractivity contribution in [3.05, 3.63) is 52.9 Å². The summed E-state index contributed by atoms with van der Waals surface area (Å²) in [5, 5.41) is 10.5. The minimum absolute atomic E-state index is 0.0937. The van der Waals surface area contributed by atoms with Gasteiger partial charge in [-0.3, -0.25) is 9.59 Å². The number of nitrogens with zero attached hydrogens (tertiary/aromatic N) is 3. The highest BCUT2D eigenvalue weighted by molar-refractivity contribution is 6.29. The van der Waals surface area contributed by atoms with Crippen LogP contribution in [0.3, 0.4) is 0 Å². The average molecular weight is 395 g/mol. The van der Waals surface area contributed by atoms with Crippen LogP contribution in [0.5, 0.6) is 0 Å². The Morgan fingerprint density at radius 1 is 1.22 bits per heavy atom. The van der Waals surface area contributed by atoms with E-state index in [2.05, 4.69) is 15.5 Å². The largest absolute Gasteiger partial charge is 0.451 e. The van der Waals surface area contributed by atoms with E-state index in [1.807, 2.05) is 0 Å². The van der Waals surface area contributed by atoms with Gasteiger partial charge in [-0.2, -0.15) is 0 Å². The summed E-state index contributed by atoms with van der Waals surface area (Å²) in [4.78, 5) is 25.5. The summed E-state index contributed by atoms with van der Waals surface area (Å²) in [6.07, 6.45) is -0.389. The zero-order valence-electron chi connectivity index (χ0n) is 15.0. The Balaban J connectivity index is 1.73. The van der Waals surface area contributed by atoms with Crippen LogP contribution in [-0.2, 0) is 20.7 Å². The van der Waals surface area contributed by atoms with E-state index in [-0.39, 0.29) is 17.5 Å². The van der Waals surface area contributed by atoms with Gasteiger partial charge < -0.3 is 15.0 Å². The highest BCUT2D eigenvalue weighted by atomic mass is 35.5. The Morgan fingerprint density at radius 3 is 2.56 bits per heavy atom. The quantitative estimate of drug-likeness (QED) is 0.689. The number of nitrogens with one attached hydrogen (secondary N) is 1. The van der Waals surface area contributed by atoms with Gasteiger partial charge in [-0.25, -0.2) is 4.39 Å². The molecule has 2 rings (SSSR count). The van der Waals surface area contributed by atoms with Gasteiger partial charge in [0, 0.05) is 13.6 Å². The molecule has 1 N–H and O–H groups in total. The number of carbonyl (C=O) groups is 2. The molecule has 144 valence electrons. The Labute approximate surface area is 161 Å². The third kappa shape index (κ3) is 6.82. The molecule has 1 heterocycles. The molecule has 1 aromatic heterocycles. The van der Waals surface area contributed by atoms with Crippen molar-refractivity contribution >= 4 is 29.3 Å². The fourth-order valence-electron chi connectivity index (χ4n) is 2.20. The van der Waals surface area contributed by atoms with Gasteiger partial charge in [-0.1, -0.05) is 23.7 Å². The van der Waals surface area contributed by atoms with E-state index in [0.29, 0.717) is 18.8 Å². The minimum Gasteiger partial charge on any atom is -0.451 e. The van der Waals surface area contributed by atoms with Crippen LogP contribution in [0.15, 0.2) is 36.4 Å². The molecule has 0 aliphatic carbocycles. The van der Waals surface area contributed by atoms with Crippen molar-refractivity contribution in [3.63, 3.8) is 0 Å². The molecule has 1 unspecified atom stereocenters. The zero-order chi connectivity index (χ0) is 19.8. The number of hydrogen-bond donors (Lipinski definition) is 1. The van der Waals surface area contributed by atoms with Gasteiger partial charge in [0.25, 0.3) is 5.91 Å². The number of halogens is 2. The number of hydrogen-bond acceptors (Lipinski definition) is 6. The Morgan fingerprint density at radius 2 is 1.93 bits per heavy atom. The van der Waals surface area contributed by atoms with Gasteiger partial charge in [0.05, 0.1) is 0 Å². The van der Waals surface area contributed by atoms with Gasteiger partial charge in [-0.05, 0) is 43.2 Å². The van der Waals surface area contributed by atoms with E-state index in [4.69, 9.17) is 16.3 Å². The van der Waals surface area contributed by atoms with E-state index in [0.717, 1.165) is 5.56 Å². The van der Waals surface area contributed by atoms with E-state index in [1.54, 1.807) is 31.3 Å². The summed E-state index contributed by atoms with van der Waals surface area (Å²) in [6, 6.07) is 9.21. The SMILES string of the molecule is CC(OC(=O)CN(C)c1ccc(Cl)nn1)C(=O)NCCc1ccc(F)cc1. The molecule has 1 atom stereocenters. The summed E-state index contributed by atoms with van der Waals surface area (Å²) in [6.45, 7) is 1.75. The molecule has 27 heavy (non-hydrogen) atoms. The molecule has 9 heteroatoms. The second-order valence-electron chi connectivity index (χ2n) is 5.87. The standard InChI is InChI=1S/C18H20ClFN4O3/c1-12(18(26)21-10-9-13-3-5-14(20)6-4-13)27-17(25)11-24(2)16-8-7-15(19)22-23-16/h3-8,12H,9-11H2,1-2H3,(H,21,26). The number of carbonyl (C=O) groups excluding carboxylic acids is 2. The normalized spacial score (nSPS) is 11.6. The Kier molecular flexibility index (Phi) is 7.48. The number of amides is 1. The number of esters is 1. The summed E-state index contributed by atoms with van der Waals surface area (Å²) in [5.41, 5.74) is 0.895. The van der Waals surface area contributed by atoms with Crippen LogP contribution in [0, 0.1) is 5.82 Å². The third-order valence-corrected chi connectivity index (χ3v) is 3.88.